The van der Waals surface area contributed by atoms with Crippen LogP contribution >= 0.6 is 0 Å². The highest BCUT2D eigenvalue weighted by Gasteiger charge is 2.34. The lowest BCUT2D eigenvalue weighted by Crippen LogP contribution is -2.31. The number of nitrogen functional groups attached to an aromatic ring is 1. The molecule has 2 rings (SSSR count). The van der Waals surface area contributed by atoms with E-state index in [1.807, 2.05) is 13.0 Å². The summed E-state index contributed by atoms with van der Waals surface area (Å²) in [6, 6.07) is 1.91. The minimum Gasteiger partial charge on any atom is -0.384 e. The number of hydrogen-bond acceptors (Lipinski definition) is 4. The SMILES string of the molecule is CCOC(CC)(CC)c1nc(N)cc(C2CC2)n1. The molecular formula is C14H23N3O. The largest absolute Gasteiger partial charge is 0.384 e. The summed E-state index contributed by atoms with van der Waals surface area (Å²) >= 11 is 0. The number of hydrogen-bond donors (Lipinski definition) is 1. The van der Waals surface area contributed by atoms with Crippen molar-refractivity contribution in [3.63, 3.8) is 0 Å². The van der Waals surface area contributed by atoms with Crippen LogP contribution in [0.15, 0.2) is 6.07 Å². The number of aromatic nitrogens is 2. The highest BCUT2D eigenvalue weighted by molar-refractivity contribution is 5.34. The lowest BCUT2D eigenvalue weighted by molar-refractivity contribution is -0.0571. The second-order valence-electron chi connectivity index (χ2n) is 4.95. The van der Waals surface area contributed by atoms with Crippen LogP contribution < -0.4 is 5.73 Å². The van der Waals surface area contributed by atoms with Gasteiger partial charge in [-0.15, -0.1) is 0 Å². The predicted molar refractivity (Wildman–Crippen MR) is 72.3 cm³/mol. The van der Waals surface area contributed by atoms with Crippen LogP contribution in [-0.2, 0) is 10.3 Å². The molecule has 18 heavy (non-hydrogen) atoms. The third-order valence-corrected chi connectivity index (χ3v) is 3.73. The van der Waals surface area contributed by atoms with E-state index in [0.717, 1.165) is 24.4 Å². The van der Waals surface area contributed by atoms with Crippen LogP contribution in [0.4, 0.5) is 5.82 Å². The summed E-state index contributed by atoms with van der Waals surface area (Å²) in [4.78, 5) is 9.13. The van der Waals surface area contributed by atoms with Crippen LogP contribution in [-0.4, -0.2) is 16.6 Å². The van der Waals surface area contributed by atoms with Crippen molar-refractivity contribution in [2.45, 2.75) is 58.0 Å². The molecule has 1 aromatic rings. The summed E-state index contributed by atoms with van der Waals surface area (Å²) in [5.41, 5.74) is 6.63. The fourth-order valence-electron chi connectivity index (χ4n) is 2.39. The third kappa shape index (κ3) is 2.48. The molecule has 0 spiro atoms. The van der Waals surface area contributed by atoms with E-state index < -0.39 is 0 Å². The molecule has 0 saturated heterocycles. The van der Waals surface area contributed by atoms with Gasteiger partial charge in [-0.05, 0) is 32.6 Å². The Labute approximate surface area is 109 Å². The third-order valence-electron chi connectivity index (χ3n) is 3.73. The number of ether oxygens (including phenoxy) is 1. The van der Waals surface area contributed by atoms with Crippen molar-refractivity contribution < 1.29 is 4.74 Å². The zero-order chi connectivity index (χ0) is 13.2. The average molecular weight is 249 g/mol. The fraction of sp³-hybridized carbons (Fsp3) is 0.714. The van der Waals surface area contributed by atoms with Crippen LogP contribution in [0.1, 0.15) is 63.9 Å². The van der Waals surface area contributed by atoms with Crippen molar-refractivity contribution in [1.29, 1.82) is 0 Å². The molecule has 1 aliphatic rings. The quantitative estimate of drug-likeness (QED) is 0.842. The van der Waals surface area contributed by atoms with Gasteiger partial charge >= 0.3 is 0 Å². The van der Waals surface area contributed by atoms with E-state index in [-0.39, 0.29) is 5.60 Å². The van der Waals surface area contributed by atoms with Gasteiger partial charge in [0.05, 0.1) is 0 Å². The van der Waals surface area contributed by atoms with E-state index >= 15 is 0 Å². The summed E-state index contributed by atoms with van der Waals surface area (Å²) in [7, 11) is 0. The molecule has 100 valence electrons. The molecule has 0 bridgehead atoms. The smallest absolute Gasteiger partial charge is 0.162 e. The van der Waals surface area contributed by atoms with Gasteiger partial charge in [0.2, 0.25) is 0 Å². The summed E-state index contributed by atoms with van der Waals surface area (Å²) < 4.78 is 5.94. The number of nitrogens with zero attached hydrogens (tertiary/aromatic N) is 2. The Kier molecular flexibility index (Phi) is 3.85. The Morgan fingerprint density at radius 2 is 1.94 bits per heavy atom. The lowest BCUT2D eigenvalue weighted by atomic mass is 9.95. The zero-order valence-electron chi connectivity index (χ0n) is 11.6. The number of nitrogens with two attached hydrogens (primary N) is 1. The molecule has 1 heterocycles. The molecule has 0 unspecified atom stereocenters. The molecule has 0 amide bonds. The standard InChI is InChI=1S/C14H23N3O/c1-4-14(5-2,18-6-3)13-16-11(10-7-8-10)9-12(15)17-13/h9-10H,4-8H2,1-3H3,(H2,15,16,17). The van der Waals surface area contributed by atoms with E-state index in [0.29, 0.717) is 18.3 Å². The van der Waals surface area contributed by atoms with Gasteiger partial charge in [-0.25, -0.2) is 9.97 Å². The van der Waals surface area contributed by atoms with E-state index in [9.17, 15) is 0 Å². The number of anilines is 1. The van der Waals surface area contributed by atoms with Crippen molar-refractivity contribution in [1.82, 2.24) is 9.97 Å². The lowest BCUT2D eigenvalue weighted by Gasteiger charge is -2.30. The highest BCUT2D eigenvalue weighted by atomic mass is 16.5. The Hall–Kier alpha value is -1.16. The molecule has 1 aliphatic carbocycles. The van der Waals surface area contributed by atoms with E-state index in [1.54, 1.807) is 0 Å². The number of rotatable bonds is 6. The molecule has 0 atom stereocenters. The molecule has 1 saturated carbocycles. The monoisotopic (exact) mass is 249 g/mol. The van der Waals surface area contributed by atoms with Gasteiger partial charge in [0.25, 0.3) is 0 Å². The van der Waals surface area contributed by atoms with Gasteiger partial charge in [-0.2, -0.15) is 0 Å². The van der Waals surface area contributed by atoms with Crippen LogP contribution in [0.25, 0.3) is 0 Å². The minimum atomic E-state index is -0.381. The molecule has 2 N–H and O–H groups in total. The summed E-state index contributed by atoms with van der Waals surface area (Å²) in [5.74, 6) is 1.91. The molecule has 0 aliphatic heterocycles. The van der Waals surface area contributed by atoms with E-state index in [1.165, 1.54) is 12.8 Å². The van der Waals surface area contributed by atoms with Crippen LogP contribution in [0.2, 0.25) is 0 Å². The second-order valence-corrected chi connectivity index (χ2v) is 4.95. The van der Waals surface area contributed by atoms with Crippen LogP contribution in [0.3, 0.4) is 0 Å². The van der Waals surface area contributed by atoms with Crippen molar-refractivity contribution in [2.24, 2.45) is 0 Å². The Morgan fingerprint density at radius 1 is 1.28 bits per heavy atom. The van der Waals surface area contributed by atoms with Crippen LogP contribution in [0, 0.1) is 0 Å². The van der Waals surface area contributed by atoms with Crippen LogP contribution in [0.5, 0.6) is 0 Å². The van der Waals surface area contributed by atoms with E-state index in [2.05, 4.69) is 18.8 Å². The van der Waals surface area contributed by atoms with Gasteiger partial charge in [-0.1, -0.05) is 13.8 Å². The zero-order valence-corrected chi connectivity index (χ0v) is 11.6. The Morgan fingerprint density at radius 3 is 2.44 bits per heavy atom. The molecule has 1 aromatic heterocycles. The molecule has 0 radical (unpaired) electrons. The van der Waals surface area contributed by atoms with Crippen molar-refractivity contribution in [3.05, 3.63) is 17.6 Å². The summed E-state index contributed by atoms with van der Waals surface area (Å²) in [6.07, 6.45) is 4.17. The maximum Gasteiger partial charge on any atom is 0.162 e. The molecule has 4 heteroatoms. The predicted octanol–water partition coefficient (Wildman–Crippen LogP) is 2.99. The fourth-order valence-corrected chi connectivity index (χ4v) is 2.39. The average Bonchev–Trinajstić information content (AvgIpc) is 3.19. The van der Waals surface area contributed by atoms with Gasteiger partial charge < -0.3 is 10.5 Å². The summed E-state index contributed by atoms with van der Waals surface area (Å²) in [6.45, 7) is 6.90. The first-order valence-electron chi connectivity index (χ1n) is 6.94. The first kappa shape index (κ1) is 13.3. The molecule has 0 aromatic carbocycles. The van der Waals surface area contributed by atoms with Crippen molar-refractivity contribution in [2.75, 3.05) is 12.3 Å². The molecule has 4 nitrogen and oxygen atoms in total. The van der Waals surface area contributed by atoms with Gasteiger partial charge in [0.15, 0.2) is 5.82 Å². The maximum absolute atomic E-state index is 5.94. The van der Waals surface area contributed by atoms with Crippen molar-refractivity contribution >= 4 is 5.82 Å². The highest BCUT2D eigenvalue weighted by Crippen LogP contribution is 2.40. The topological polar surface area (TPSA) is 61.0 Å². The molecular weight excluding hydrogens is 226 g/mol. The summed E-state index contributed by atoms with van der Waals surface area (Å²) in [5, 5.41) is 0. The second kappa shape index (κ2) is 5.22. The van der Waals surface area contributed by atoms with E-state index in [4.69, 9.17) is 15.5 Å². The van der Waals surface area contributed by atoms with Gasteiger partial charge in [0.1, 0.15) is 11.4 Å². The molecule has 1 fully saturated rings. The van der Waals surface area contributed by atoms with Crippen molar-refractivity contribution in [3.8, 4) is 0 Å². The maximum atomic E-state index is 5.94. The van der Waals surface area contributed by atoms with Gasteiger partial charge in [-0.3, -0.25) is 0 Å². The Bertz CT molecular complexity index is 412. The minimum absolute atomic E-state index is 0.381. The van der Waals surface area contributed by atoms with Gasteiger partial charge in [0, 0.05) is 24.3 Å². The first-order chi connectivity index (χ1) is 8.65. The Balaban J connectivity index is 2.39. The first-order valence-corrected chi connectivity index (χ1v) is 6.94. The normalized spacial score (nSPS) is 15.9.